The van der Waals surface area contributed by atoms with Gasteiger partial charge in [0.15, 0.2) is 0 Å². The number of nitrogens with one attached hydrogen (secondary N) is 1. The third kappa shape index (κ3) is 5.78. The number of rotatable bonds is 7. The summed E-state index contributed by atoms with van der Waals surface area (Å²) in [6.45, 7) is -0.219. The molecule has 128 valence electrons. The maximum atomic E-state index is 12.3. The molecule has 1 unspecified atom stereocenters. The van der Waals surface area contributed by atoms with E-state index in [1.54, 1.807) is 12.1 Å². The highest BCUT2D eigenvalue weighted by atomic mass is 19.3. The molecule has 1 aromatic rings. The minimum absolute atomic E-state index is 0.140. The fraction of sp³-hybridized carbons (Fsp3) is 0.588. The van der Waals surface area contributed by atoms with Crippen molar-refractivity contribution in [1.29, 1.82) is 0 Å². The van der Waals surface area contributed by atoms with E-state index in [2.05, 4.69) is 10.1 Å². The molecule has 0 spiro atoms. The molecule has 23 heavy (non-hydrogen) atoms. The summed E-state index contributed by atoms with van der Waals surface area (Å²) in [7, 11) is 1.93. The van der Waals surface area contributed by atoms with Crippen LogP contribution in [0.1, 0.15) is 24.8 Å². The number of hydrogen-bond acceptors (Lipinski definition) is 3. The molecular formula is C17H24F2N2O2. The number of hydrogen-bond donors (Lipinski definition) is 1. The fourth-order valence-electron chi connectivity index (χ4n) is 2.99. The zero-order chi connectivity index (χ0) is 16.7. The number of aryl methyl sites for hydroxylation is 1. The second-order valence-corrected chi connectivity index (χ2v) is 5.93. The van der Waals surface area contributed by atoms with Crippen LogP contribution in [0, 0.1) is 5.92 Å². The molecule has 1 aliphatic rings. The Balaban J connectivity index is 1.79. The lowest BCUT2D eigenvalue weighted by Gasteiger charge is -2.32. The quantitative estimate of drug-likeness (QED) is 0.838. The Labute approximate surface area is 135 Å². The van der Waals surface area contributed by atoms with E-state index in [4.69, 9.17) is 0 Å². The van der Waals surface area contributed by atoms with E-state index in [0.717, 1.165) is 38.0 Å². The summed E-state index contributed by atoms with van der Waals surface area (Å²) in [5.41, 5.74) is 0.948. The first-order chi connectivity index (χ1) is 11.1. The van der Waals surface area contributed by atoms with E-state index in [1.807, 2.05) is 11.9 Å². The van der Waals surface area contributed by atoms with Gasteiger partial charge in [-0.3, -0.25) is 4.79 Å². The Bertz CT molecular complexity index is 492. The Morgan fingerprint density at radius 3 is 2.78 bits per heavy atom. The first kappa shape index (κ1) is 17.7. The van der Waals surface area contributed by atoms with Crippen LogP contribution in [0.25, 0.3) is 0 Å². The first-order valence-corrected chi connectivity index (χ1v) is 8.04. The van der Waals surface area contributed by atoms with Gasteiger partial charge in [-0.2, -0.15) is 8.78 Å². The van der Waals surface area contributed by atoms with Crippen molar-refractivity contribution < 1.29 is 18.3 Å². The highest BCUT2D eigenvalue weighted by Crippen LogP contribution is 2.18. The minimum Gasteiger partial charge on any atom is -0.435 e. The Morgan fingerprint density at radius 2 is 2.13 bits per heavy atom. The standard InChI is InChI=1S/C17H24F2N2O2/c1-20-11-14-3-2-10-21(12-14)16(22)9-6-13-4-7-15(8-5-13)23-17(18)19/h4-5,7-8,14,17,20H,2-3,6,9-12H2,1H3. The second kappa shape index (κ2) is 8.82. The van der Waals surface area contributed by atoms with Crippen LogP contribution in [0.5, 0.6) is 5.75 Å². The number of piperidine rings is 1. The van der Waals surface area contributed by atoms with E-state index < -0.39 is 6.61 Å². The maximum absolute atomic E-state index is 12.3. The number of carbonyl (C=O) groups excluding carboxylic acids is 1. The number of amides is 1. The molecule has 1 atom stereocenters. The van der Waals surface area contributed by atoms with Crippen molar-refractivity contribution in [1.82, 2.24) is 10.2 Å². The predicted molar refractivity (Wildman–Crippen MR) is 84.6 cm³/mol. The molecule has 0 saturated carbocycles. The monoisotopic (exact) mass is 326 g/mol. The van der Waals surface area contributed by atoms with Crippen molar-refractivity contribution in [3.63, 3.8) is 0 Å². The lowest BCUT2D eigenvalue weighted by atomic mass is 9.97. The largest absolute Gasteiger partial charge is 0.435 e. The molecule has 1 saturated heterocycles. The van der Waals surface area contributed by atoms with Gasteiger partial charge < -0.3 is 15.0 Å². The van der Waals surface area contributed by atoms with E-state index in [1.165, 1.54) is 12.1 Å². The zero-order valence-electron chi connectivity index (χ0n) is 13.4. The van der Waals surface area contributed by atoms with Gasteiger partial charge in [0.25, 0.3) is 0 Å². The van der Waals surface area contributed by atoms with Crippen LogP contribution in [0.2, 0.25) is 0 Å². The number of alkyl halides is 2. The molecule has 1 N–H and O–H groups in total. The minimum atomic E-state index is -2.81. The SMILES string of the molecule is CNCC1CCCN(C(=O)CCc2ccc(OC(F)F)cc2)C1. The summed E-state index contributed by atoms with van der Waals surface area (Å²) in [6, 6.07) is 6.47. The number of benzene rings is 1. The van der Waals surface area contributed by atoms with Gasteiger partial charge in [0.05, 0.1) is 0 Å². The number of likely N-dealkylation sites (tertiary alicyclic amines) is 1. The zero-order valence-corrected chi connectivity index (χ0v) is 13.4. The molecule has 1 amide bonds. The van der Waals surface area contributed by atoms with Gasteiger partial charge in [-0.05, 0) is 56.5 Å². The number of ether oxygens (including phenoxy) is 1. The first-order valence-electron chi connectivity index (χ1n) is 8.04. The Kier molecular flexibility index (Phi) is 6.77. The molecule has 1 heterocycles. The van der Waals surface area contributed by atoms with Crippen LogP contribution in [0.3, 0.4) is 0 Å². The van der Waals surface area contributed by atoms with Gasteiger partial charge in [0.1, 0.15) is 5.75 Å². The second-order valence-electron chi connectivity index (χ2n) is 5.93. The molecule has 1 aliphatic heterocycles. The lowest BCUT2D eigenvalue weighted by molar-refractivity contribution is -0.132. The normalized spacial score (nSPS) is 18.3. The van der Waals surface area contributed by atoms with Gasteiger partial charge in [-0.15, -0.1) is 0 Å². The maximum Gasteiger partial charge on any atom is 0.387 e. The predicted octanol–water partition coefficient (Wildman–Crippen LogP) is 2.68. The molecule has 0 aromatic heterocycles. The van der Waals surface area contributed by atoms with Crippen LogP contribution >= 0.6 is 0 Å². The topological polar surface area (TPSA) is 41.6 Å². The summed E-state index contributed by atoms with van der Waals surface area (Å²) >= 11 is 0. The van der Waals surface area contributed by atoms with Crippen LogP contribution in [0.4, 0.5) is 8.78 Å². The third-order valence-electron chi connectivity index (χ3n) is 4.14. The number of nitrogens with zero attached hydrogens (tertiary/aromatic N) is 1. The lowest BCUT2D eigenvalue weighted by Crippen LogP contribution is -2.42. The summed E-state index contributed by atoms with van der Waals surface area (Å²) in [4.78, 5) is 14.3. The molecule has 0 bridgehead atoms. The van der Waals surface area contributed by atoms with E-state index in [9.17, 15) is 13.6 Å². The molecule has 0 radical (unpaired) electrons. The number of halogens is 2. The highest BCUT2D eigenvalue weighted by molar-refractivity contribution is 5.76. The summed E-state index contributed by atoms with van der Waals surface area (Å²) in [5.74, 6) is 0.836. The van der Waals surface area contributed by atoms with Crippen LogP contribution in [-0.2, 0) is 11.2 Å². The van der Waals surface area contributed by atoms with E-state index in [0.29, 0.717) is 18.8 Å². The molecule has 1 aromatic carbocycles. The van der Waals surface area contributed by atoms with Crippen molar-refractivity contribution in [3.05, 3.63) is 29.8 Å². The fourth-order valence-corrected chi connectivity index (χ4v) is 2.99. The Morgan fingerprint density at radius 1 is 1.39 bits per heavy atom. The van der Waals surface area contributed by atoms with Gasteiger partial charge in [-0.1, -0.05) is 12.1 Å². The summed E-state index contributed by atoms with van der Waals surface area (Å²) < 4.78 is 28.5. The van der Waals surface area contributed by atoms with Gasteiger partial charge in [-0.25, -0.2) is 0 Å². The van der Waals surface area contributed by atoms with Crippen LogP contribution in [0.15, 0.2) is 24.3 Å². The highest BCUT2D eigenvalue weighted by Gasteiger charge is 2.22. The van der Waals surface area contributed by atoms with Crippen LogP contribution in [-0.4, -0.2) is 44.1 Å². The van der Waals surface area contributed by atoms with Crippen molar-refractivity contribution in [2.24, 2.45) is 5.92 Å². The van der Waals surface area contributed by atoms with Gasteiger partial charge >= 0.3 is 6.61 Å². The van der Waals surface area contributed by atoms with Crippen molar-refractivity contribution in [2.45, 2.75) is 32.3 Å². The molecule has 1 fully saturated rings. The molecule has 4 nitrogen and oxygen atoms in total. The smallest absolute Gasteiger partial charge is 0.387 e. The molecule has 0 aliphatic carbocycles. The molecular weight excluding hydrogens is 302 g/mol. The number of carbonyl (C=O) groups is 1. The average molecular weight is 326 g/mol. The van der Waals surface area contributed by atoms with Crippen LogP contribution < -0.4 is 10.1 Å². The average Bonchev–Trinajstić information content (AvgIpc) is 2.54. The summed E-state index contributed by atoms with van der Waals surface area (Å²) in [6.07, 6.45) is 3.27. The molecule has 6 heteroatoms. The van der Waals surface area contributed by atoms with Gasteiger partial charge in [0.2, 0.25) is 5.91 Å². The van der Waals surface area contributed by atoms with E-state index >= 15 is 0 Å². The van der Waals surface area contributed by atoms with Gasteiger partial charge in [0, 0.05) is 19.5 Å². The van der Waals surface area contributed by atoms with Crippen molar-refractivity contribution in [2.75, 3.05) is 26.7 Å². The molecule has 2 rings (SSSR count). The van der Waals surface area contributed by atoms with E-state index in [-0.39, 0.29) is 11.7 Å². The summed E-state index contributed by atoms with van der Waals surface area (Å²) in [5, 5.41) is 3.17. The van der Waals surface area contributed by atoms with Crippen molar-refractivity contribution >= 4 is 5.91 Å². The third-order valence-corrected chi connectivity index (χ3v) is 4.14. The van der Waals surface area contributed by atoms with Crippen molar-refractivity contribution in [3.8, 4) is 5.75 Å². The Hall–Kier alpha value is -1.69.